The van der Waals surface area contributed by atoms with Crippen molar-refractivity contribution in [2.45, 2.75) is 5.88 Å². The Balaban J connectivity index is 2.04. The van der Waals surface area contributed by atoms with Crippen LogP contribution in [0.3, 0.4) is 0 Å². The predicted molar refractivity (Wildman–Crippen MR) is 62.5 cm³/mol. The first-order valence-corrected chi connectivity index (χ1v) is 5.80. The lowest BCUT2D eigenvalue weighted by atomic mass is 10.1. The van der Waals surface area contributed by atoms with E-state index in [-0.39, 0.29) is 0 Å². The van der Waals surface area contributed by atoms with Crippen LogP contribution in [-0.4, -0.2) is 18.2 Å². The lowest BCUT2D eigenvalue weighted by molar-refractivity contribution is 0.171. The third-order valence-corrected chi connectivity index (χ3v) is 2.83. The number of halogens is 1. The molecule has 0 aliphatic carbocycles. The minimum absolute atomic E-state index is 0.320. The Morgan fingerprint density at radius 1 is 1.18 bits per heavy atom. The van der Waals surface area contributed by atoms with Gasteiger partial charge in [-0.2, -0.15) is 0 Å². The van der Waals surface area contributed by atoms with E-state index in [1.807, 2.05) is 18.2 Å². The van der Waals surface area contributed by atoms with E-state index in [4.69, 9.17) is 25.5 Å². The van der Waals surface area contributed by atoms with E-state index in [2.05, 4.69) is 4.98 Å². The summed E-state index contributed by atoms with van der Waals surface area (Å²) in [5, 5.41) is 0. The summed E-state index contributed by atoms with van der Waals surface area (Å²) in [7, 11) is 0. The third-order valence-electron chi connectivity index (χ3n) is 2.57. The van der Waals surface area contributed by atoms with Crippen LogP contribution in [0.15, 0.2) is 29.0 Å². The third kappa shape index (κ3) is 1.85. The molecule has 1 aromatic carbocycles. The standard InChI is InChI=1S/C12H10ClNO3/c13-6-9-12(17-7-14-9)8-1-2-10-11(5-8)16-4-3-15-10/h1-2,5,7H,3-4,6H2. The van der Waals surface area contributed by atoms with Gasteiger partial charge in [-0.25, -0.2) is 4.98 Å². The predicted octanol–water partition coefficient (Wildman–Crippen LogP) is 2.85. The number of alkyl halides is 1. The van der Waals surface area contributed by atoms with Crippen molar-refractivity contribution in [2.24, 2.45) is 0 Å². The molecule has 0 saturated carbocycles. The number of ether oxygens (including phenoxy) is 2. The van der Waals surface area contributed by atoms with E-state index in [1.165, 1.54) is 6.39 Å². The number of hydrogen-bond donors (Lipinski definition) is 0. The van der Waals surface area contributed by atoms with Crippen molar-refractivity contribution < 1.29 is 13.9 Å². The molecular formula is C12H10ClNO3. The van der Waals surface area contributed by atoms with Gasteiger partial charge in [-0.05, 0) is 18.2 Å². The number of aromatic nitrogens is 1. The number of fused-ring (bicyclic) bond motifs is 1. The second kappa shape index (κ2) is 4.30. The Morgan fingerprint density at radius 2 is 2.00 bits per heavy atom. The van der Waals surface area contributed by atoms with E-state index in [0.717, 1.165) is 22.8 Å². The number of rotatable bonds is 2. The highest BCUT2D eigenvalue weighted by Gasteiger charge is 2.15. The molecule has 0 radical (unpaired) electrons. The van der Waals surface area contributed by atoms with Gasteiger partial charge in [0, 0.05) is 5.56 Å². The van der Waals surface area contributed by atoms with Crippen LogP contribution in [0, 0.1) is 0 Å². The molecule has 2 aromatic rings. The number of oxazole rings is 1. The summed E-state index contributed by atoms with van der Waals surface area (Å²) in [5.74, 6) is 2.48. The number of benzene rings is 1. The second-order valence-electron chi connectivity index (χ2n) is 3.62. The topological polar surface area (TPSA) is 44.5 Å². The highest BCUT2D eigenvalue weighted by Crippen LogP contribution is 2.35. The molecule has 0 bridgehead atoms. The number of hydrogen-bond acceptors (Lipinski definition) is 4. The molecule has 2 heterocycles. The molecule has 1 aromatic heterocycles. The van der Waals surface area contributed by atoms with Gasteiger partial charge in [0.2, 0.25) is 0 Å². The van der Waals surface area contributed by atoms with E-state index in [1.54, 1.807) is 0 Å². The van der Waals surface area contributed by atoms with E-state index in [0.29, 0.717) is 24.9 Å². The maximum atomic E-state index is 5.79. The zero-order valence-electron chi connectivity index (χ0n) is 8.98. The maximum absolute atomic E-state index is 5.79. The van der Waals surface area contributed by atoms with E-state index >= 15 is 0 Å². The Labute approximate surface area is 103 Å². The van der Waals surface area contributed by atoms with E-state index < -0.39 is 0 Å². The normalized spacial score (nSPS) is 13.7. The van der Waals surface area contributed by atoms with Crippen LogP contribution >= 0.6 is 11.6 Å². The summed E-state index contributed by atoms with van der Waals surface area (Å²) in [5.41, 5.74) is 1.62. The van der Waals surface area contributed by atoms with Gasteiger partial charge < -0.3 is 13.9 Å². The highest BCUT2D eigenvalue weighted by molar-refractivity contribution is 6.17. The number of nitrogens with zero attached hydrogens (tertiary/aromatic N) is 1. The summed E-state index contributed by atoms with van der Waals surface area (Å²) in [6.45, 7) is 1.15. The molecule has 88 valence electrons. The van der Waals surface area contributed by atoms with Crippen molar-refractivity contribution in [1.29, 1.82) is 0 Å². The Hall–Kier alpha value is -1.68. The van der Waals surface area contributed by atoms with Crippen LogP contribution in [0.5, 0.6) is 11.5 Å². The van der Waals surface area contributed by atoms with Gasteiger partial charge in [-0.1, -0.05) is 0 Å². The summed E-state index contributed by atoms with van der Waals surface area (Å²) in [6, 6.07) is 5.65. The van der Waals surface area contributed by atoms with Gasteiger partial charge in [-0.3, -0.25) is 0 Å². The molecule has 0 saturated heterocycles. The van der Waals surface area contributed by atoms with Gasteiger partial charge in [0.25, 0.3) is 0 Å². The molecule has 1 aliphatic rings. The van der Waals surface area contributed by atoms with Crippen molar-refractivity contribution in [3.05, 3.63) is 30.3 Å². The summed E-state index contributed by atoms with van der Waals surface area (Å²) in [4.78, 5) is 4.05. The average molecular weight is 252 g/mol. The SMILES string of the molecule is ClCc1ncoc1-c1ccc2c(c1)OCCO2. The van der Waals surface area contributed by atoms with Crippen molar-refractivity contribution in [3.63, 3.8) is 0 Å². The fourth-order valence-corrected chi connectivity index (χ4v) is 1.97. The van der Waals surface area contributed by atoms with Gasteiger partial charge in [0.1, 0.15) is 18.9 Å². The first-order valence-electron chi connectivity index (χ1n) is 5.27. The Bertz CT molecular complexity index is 538. The van der Waals surface area contributed by atoms with Gasteiger partial charge in [0.15, 0.2) is 23.7 Å². The Kier molecular flexibility index (Phi) is 2.65. The minimum Gasteiger partial charge on any atom is -0.486 e. The molecule has 5 heteroatoms. The van der Waals surface area contributed by atoms with Crippen molar-refractivity contribution in [2.75, 3.05) is 13.2 Å². The Morgan fingerprint density at radius 3 is 2.82 bits per heavy atom. The zero-order valence-corrected chi connectivity index (χ0v) is 9.74. The molecule has 0 fully saturated rings. The minimum atomic E-state index is 0.320. The smallest absolute Gasteiger partial charge is 0.181 e. The lowest BCUT2D eigenvalue weighted by Crippen LogP contribution is -2.15. The summed E-state index contributed by atoms with van der Waals surface area (Å²) < 4.78 is 16.3. The van der Waals surface area contributed by atoms with E-state index in [9.17, 15) is 0 Å². The molecule has 1 aliphatic heterocycles. The van der Waals surface area contributed by atoms with Gasteiger partial charge >= 0.3 is 0 Å². The highest BCUT2D eigenvalue weighted by atomic mass is 35.5. The van der Waals surface area contributed by atoms with Crippen LogP contribution in [0.25, 0.3) is 11.3 Å². The van der Waals surface area contributed by atoms with Crippen molar-refractivity contribution in [1.82, 2.24) is 4.98 Å². The van der Waals surface area contributed by atoms with Crippen LogP contribution in [0.4, 0.5) is 0 Å². The van der Waals surface area contributed by atoms with Crippen LogP contribution < -0.4 is 9.47 Å². The molecule has 0 atom stereocenters. The average Bonchev–Trinajstić information content (AvgIpc) is 2.86. The molecule has 0 N–H and O–H groups in total. The van der Waals surface area contributed by atoms with Gasteiger partial charge in [-0.15, -0.1) is 11.6 Å². The van der Waals surface area contributed by atoms with Crippen LogP contribution in [0.1, 0.15) is 5.69 Å². The molecule has 0 spiro atoms. The fraction of sp³-hybridized carbons (Fsp3) is 0.250. The molecule has 0 unspecified atom stereocenters. The summed E-state index contributed by atoms with van der Waals surface area (Å²) >= 11 is 5.79. The fourth-order valence-electron chi connectivity index (χ4n) is 1.78. The quantitative estimate of drug-likeness (QED) is 0.770. The molecule has 0 amide bonds. The first-order chi connectivity index (χ1) is 8.38. The molecule has 17 heavy (non-hydrogen) atoms. The van der Waals surface area contributed by atoms with Crippen molar-refractivity contribution >= 4 is 11.6 Å². The summed E-state index contributed by atoms with van der Waals surface area (Å²) in [6.07, 6.45) is 1.39. The molecule has 4 nitrogen and oxygen atoms in total. The lowest BCUT2D eigenvalue weighted by Gasteiger charge is -2.18. The largest absolute Gasteiger partial charge is 0.486 e. The second-order valence-corrected chi connectivity index (χ2v) is 3.89. The van der Waals surface area contributed by atoms with Crippen LogP contribution in [-0.2, 0) is 5.88 Å². The van der Waals surface area contributed by atoms with Crippen molar-refractivity contribution in [3.8, 4) is 22.8 Å². The van der Waals surface area contributed by atoms with Gasteiger partial charge in [0.05, 0.1) is 5.88 Å². The zero-order chi connectivity index (χ0) is 11.7. The molecule has 3 rings (SSSR count). The monoisotopic (exact) mass is 251 g/mol. The maximum Gasteiger partial charge on any atom is 0.181 e. The van der Waals surface area contributed by atoms with Crippen LogP contribution in [0.2, 0.25) is 0 Å². The first kappa shape index (κ1) is 10.5. The molecular weight excluding hydrogens is 242 g/mol.